The van der Waals surface area contributed by atoms with E-state index in [-0.39, 0.29) is 0 Å². The molecule has 3 nitrogen and oxygen atoms in total. The summed E-state index contributed by atoms with van der Waals surface area (Å²) in [6.07, 6.45) is 0.111. The first-order valence-electron chi connectivity index (χ1n) is 11.0. The van der Waals surface area contributed by atoms with Gasteiger partial charge in [0.05, 0.1) is 16.3 Å². The van der Waals surface area contributed by atoms with Crippen molar-refractivity contribution >= 4 is 28.8 Å². The van der Waals surface area contributed by atoms with Gasteiger partial charge in [-0.15, -0.1) is 0 Å². The lowest BCUT2D eigenvalue weighted by Crippen LogP contribution is -2.34. The smallest absolute Gasteiger partial charge is 0.370 e. The largest absolute Gasteiger partial charge is 0.416 e. The summed E-state index contributed by atoms with van der Waals surface area (Å²) in [5.74, 6) is 1.20. The number of halogens is 4. The van der Waals surface area contributed by atoms with E-state index < -0.39 is 11.7 Å². The van der Waals surface area contributed by atoms with Gasteiger partial charge in [-0.1, -0.05) is 36.4 Å². The number of amidine groups is 1. The first-order valence-corrected chi connectivity index (χ1v) is 11.4. The Bertz CT molecular complexity index is 1110. The highest BCUT2D eigenvalue weighted by Gasteiger charge is 2.31. The summed E-state index contributed by atoms with van der Waals surface area (Å²) < 4.78 is 39.0. The van der Waals surface area contributed by atoms with Gasteiger partial charge >= 0.3 is 6.18 Å². The molecule has 0 aromatic heterocycles. The summed E-state index contributed by atoms with van der Waals surface area (Å²) >= 11 is 6.67. The zero-order valence-corrected chi connectivity index (χ0v) is 19.5. The third kappa shape index (κ3) is 5.27. The quantitative estimate of drug-likeness (QED) is 0.458. The average molecular weight is 474 g/mol. The number of alkyl halides is 3. The van der Waals surface area contributed by atoms with Gasteiger partial charge in [-0.3, -0.25) is 4.90 Å². The Morgan fingerprint density at radius 3 is 2.45 bits per heavy atom. The second-order valence-corrected chi connectivity index (χ2v) is 9.15. The van der Waals surface area contributed by atoms with Crippen LogP contribution in [0.1, 0.15) is 37.8 Å². The number of nitrogens with zero attached hydrogens (tertiary/aromatic N) is 3. The molecule has 0 amide bonds. The van der Waals surface area contributed by atoms with E-state index in [4.69, 9.17) is 11.6 Å². The van der Waals surface area contributed by atoms with Crippen LogP contribution in [0.2, 0.25) is 5.02 Å². The van der Waals surface area contributed by atoms with Gasteiger partial charge in [-0.2, -0.15) is 13.2 Å². The number of allylic oxidation sites excluding steroid dienone is 2. The summed E-state index contributed by atoms with van der Waals surface area (Å²) in [5, 5.41) is 0.663. The molecule has 1 saturated heterocycles. The van der Waals surface area contributed by atoms with E-state index >= 15 is 0 Å². The van der Waals surface area contributed by atoms with E-state index in [9.17, 15) is 13.2 Å². The normalized spacial score (nSPS) is 17.8. The van der Waals surface area contributed by atoms with Crippen LogP contribution in [0.5, 0.6) is 0 Å². The molecule has 7 heteroatoms. The molecule has 2 heterocycles. The van der Waals surface area contributed by atoms with Crippen molar-refractivity contribution in [2.45, 2.75) is 39.3 Å². The number of rotatable bonds is 4. The predicted octanol–water partition coefficient (Wildman–Crippen LogP) is 7.47. The maximum absolute atomic E-state index is 13.0. The Morgan fingerprint density at radius 1 is 1.09 bits per heavy atom. The topological polar surface area (TPSA) is 18.8 Å². The highest BCUT2D eigenvalue weighted by Crippen LogP contribution is 2.36. The Kier molecular flexibility index (Phi) is 6.57. The van der Waals surface area contributed by atoms with Gasteiger partial charge in [0.2, 0.25) is 0 Å². The van der Waals surface area contributed by atoms with Crippen LogP contribution in [0.4, 0.5) is 24.5 Å². The van der Waals surface area contributed by atoms with Crippen LogP contribution in [0.15, 0.2) is 71.5 Å². The fourth-order valence-electron chi connectivity index (χ4n) is 4.68. The molecule has 0 unspecified atom stereocenters. The molecule has 2 aromatic carbocycles. The minimum Gasteiger partial charge on any atom is -0.370 e. The third-order valence-corrected chi connectivity index (χ3v) is 6.55. The summed E-state index contributed by atoms with van der Waals surface area (Å²) in [7, 11) is 0. The fourth-order valence-corrected chi connectivity index (χ4v) is 4.98. The minimum absolute atomic E-state index is 0.355. The van der Waals surface area contributed by atoms with Gasteiger partial charge in [-0.05, 0) is 74.9 Å². The van der Waals surface area contributed by atoms with Gasteiger partial charge in [0, 0.05) is 30.2 Å². The molecule has 0 bridgehead atoms. The lowest BCUT2D eigenvalue weighted by molar-refractivity contribution is -0.137. The summed E-state index contributed by atoms with van der Waals surface area (Å²) in [5.41, 5.74) is 3.82. The zero-order chi connectivity index (χ0) is 23.8. The van der Waals surface area contributed by atoms with Gasteiger partial charge in [0.15, 0.2) is 0 Å². The molecule has 0 radical (unpaired) electrons. The van der Waals surface area contributed by atoms with Crippen molar-refractivity contribution in [3.8, 4) is 0 Å². The van der Waals surface area contributed by atoms with E-state index in [0.29, 0.717) is 17.4 Å². The fraction of sp³-hybridized carbons (Fsp3) is 0.346. The second-order valence-electron chi connectivity index (χ2n) is 8.74. The van der Waals surface area contributed by atoms with Crippen molar-refractivity contribution < 1.29 is 13.2 Å². The van der Waals surface area contributed by atoms with Crippen LogP contribution in [-0.2, 0) is 12.6 Å². The second kappa shape index (κ2) is 9.26. The Balaban J connectivity index is 1.40. The molecule has 4 rings (SSSR count). The number of benzene rings is 2. The van der Waals surface area contributed by atoms with Gasteiger partial charge in [-0.25, -0.2) is 4.99 Å². The van der Waals surface area contributed by atoms with Crippen LogP contribution >= 0.6 is 11.6 Å². The molecular formula is C26H27ClF3N3. The van der Waals surface area contributed by atoms with Gasteiger partial charge in [0.25, 0.3) is 0 Å². The van der Waals surface area contributed by atoms with Crippen LogP contribution in [0, 0.1) is 5.92 Å². The molecule has 2 aliphatic heterocycles. The first kappa shape index (κ1) is 23.4. The SMILES string of the molecule is C=C1C=C(C)N=C(C)N1c1ccc(N2CCC(Cc3cccc(C(F)(F)F)c3)CC2)c(Cl)c1. The van der Waals surface area contributed by atoms with Gasteiger partial charge < -0.3 is 4.90 Å². The van der Waals surface area contributed by atoms with E-state index in [1.807, 2.05) is 43.0 Å². The van der Waals surface area contributed by atoms with Crippen LogP contribution in [0.25, 0.3) is 0 Å². The van der Waals surface area contributed by atoms with E-state index in [1.54, 1.807) is 6.07 Å². The average Bonchev–Trinajstić information content (AvgIpc) is 2.73. The number of hydrogen-bond acceptors (Lipinski definition) is 3. The number of piperidine rings is 1. The Labute approximate surface area is 197 Å². The summed E-state index contributed by atoms with van der Waals surface area (Å²) in [6.45, 7) is 9.66. The van der Waals surface area contributed by atoms with E-state index in [1.165, 1.54) is 12.1 Å². The van der Waals surface area contributed by atoms with E-state index in [2.05, 4.69) is 16.5 Å². The maximum atomic E-state index is 13.0. The molecule has 1 fully saturated rings. The number of aliphatic imine (C=N–C) groups is 1. The minimum atomic E-state index is -4.30. The number of hydrogen-bond donors (Lipinski definition) is 0. The number of anilines is 2. The van der Waals surface area contributed by atoms with Crippen molar-refractivity contribution in [1.82, 2.24) is 0 Å². The molecule has 2 aromatic rings. The zero-order valence-electron chi connectivity index (χ0n) is 18.8. The summed E-state index contributed by atoms with van der Waals surface area (Å²) in [4.78, 5) is 8.75. The lowest BCUT2D eigenvalue weighted by atomic mass is 9.89. The standard InChI is InChI=1S/C26H27ClF3N3/c1-17-13-18(2)33(19(3)31-17)23-7-8-25(24(27)16-23)32-11-9-20(10-12-32)14-21-5-4-6-22(15-21)26(28,29)30/h4-8,13,15-16,20H,2,9-12,14H2,1,3H3. The summed E-state index contributed by atoms with van der Waals surface area (Å²) in [6, 6.07) is 11.7. The van der Waals surface area contributed by atoms with Crippen LogP contribution in [0.3, 0.4) is 0 Å². The van der Waals surface area contributed by atoms with Crippen molar-refractivity contribution in [3.63, 3.8) is 0 Å². The Morgan fingerprint density at radius 2 is 1.82 bits per heavy atom. The molecule has 2 aliphatic rings. The molecule has 174 valence electrons. The van der Waals surface area contributed by atoms with Gasteiger partial charge in [0.1, 0.15) is 5.84 Å². The Hall–Kier alpha value is -2.73. The van der Waals surface area contributed by atoms with E-state index in [0.717, 1.165) is 66.2 Å². The van der Waals surface area contributed by atoms with Crippen molar-refractivity contribution in [2.75, 3.05) is 22.9 Å². The van der Waals surface area contributed by atoms with Crippen LogP contribution < -0.4 is 9.80 Å². The molecule has 0 spiro atoms. The van der Waals surface area contributed by atoms with Crippen LogP contribution in [-0.4, -0.2) is 18.9 Å². The van der Waals surface area contributed by atoms with Crippen molar-refractivity contribution in [1.29, 1.82) is 0 Å². The van der Waals surface area contributed by atoms with Crippen molar-refractivity contribution in [3.05, 3.63) is 82.7 Å². The lowest BCUT2D eigenvalue weighted by Gasteiger charge is -2.35. The molecule has 33 heavy (non-hydrogen) atoms. The molecule has 0 atom stereocenters. The maximum Gasteiger partial charge on any atom is 0.416 e. The third-order valence-electron chi connectivity index (χ3n) is 6.25. The monoisotopic (exact) mass is 473 g/mol. The molecule has 0 N–H and O–H groups in total. The molecular weight excluding hydrogens is 447 g/mol. The molecule has 0 aliphatic carbocycles. The highest BCUT2D eigenvalue weighted by molar-refractivity contribution is 6.33. The van der Waals surface area contributed by atoms with Crippen molar-refractivity contribution in [2.24, 2.45) is 10.9 Å². The first-order chi connectivity index (χ1) is 15.6. The molecule has 0 saturated carbocycles. The highest BCUT2D eigenvalue weighted by atomic mass is 35.5. The predicted molar refractivity (Wildman–Crippen MR) is 130 cm³/mol.